The molecule has 0 saturated heterocycles. The number of hydrogen-bond donors (Lipinski definition) is 1. The molecule has 2 aromatic carbocycles. The molecule has 0 spiro atoms. The molecule has 2 aromatic heterocycles. The van der Waals surface area contributed by atoms with Crippen molar-refractivity contribution in [3.63, 3.8) is 0 Å². The summed E-state index contributed by atoms with van der Waals surface area (Å²) in [5, 5.41) is 4.80. The zero-order valence-electron chi connectivity index (χ0n) is 13.1. The van der Waals surface area contributed by atoms with Crippen LogP contribution in [-0.4, -0.2) is 15.5 Å². The van der Waals surface area contributed by atoms with Gasteiger partial charge in [-0.2, -0.15) is 0 Å². The van der Waals surface area contributed by atoms with Gasteiger partial charge in [-0.05, 0) is 47.8 Å². The standard InChI is InChI=1S/C19H15N3OS/c1-22-16-6-3-2-5-15(16)21-18(22)13-8-10-14(11-9-13)20-19(23)17-7-4-12-24-17/h2-12H,1H3,(H,20,23). The molecule has 0 aliphatic rings. The zero-order chi connectivity index (χ0) is 16.5. The summed E-state index contributed by atoms with van der Waals surface area (Å²) in [5.41, 5.74) is 3.87. The Bertz CT molecular complexity index is 1000. The molecule has 5 heteroatoms. The Kier molecular flexibility index (Phi) is 3.63. The Hall–Kier alpha value is -2.92. The van der Waals surface area contributed by atoms with Crippen LogP contribution in [0.3, 0.4) is 0 Å². The Morgan fingerprint density at radius 1 is 1.04 bits per heavy atom. The van der Waals surface area contributed by atoms with E-state index in [2.05, 4.69) is 16.0 Å². The Balaban J connectivity index is 1.61. The number of para-hydroxylation sites is 2. The van der Waals surface area contributed by atoms with Gasteiger partial charge in [-0.15, -0.1) is 11.3 Å². The summed E-state index contributed by atoms with van der Waals surface area (Å²) >= 11 is 1.43. The molecule has 1 N–H and O–H groups in total. The number of aromatic nitrogens is 2. The quantitative estimate of drug-likeness (QED) is 0.598. The predicted octanol–water partition coefficient (Wildman–Crippen LogP) is 4.55. The number of carbonyl (C=O) groups is 1. The lowest BCUT2D eigenvalue weighted by molar-refractivity contribution is 0.103. The smallest absolute Gasteiger partial charge is 0.265 e. The largest absolute Gasteiger partial charge is 0.327 e. The van der Waals surface area contributed by atoms with Gasteiger partial charge < -0.3 is 9.88 Å². The van der Waals surface area contributed by atoms with E-state index in [9.17, 15) is 4.79 Å². The first-order valence-corrected chi connectivity index (χ1v) is 8.47. The summed E-state index contributed by atoms with van der Waals surface area (Å²) in [4.78, 5) is 17.5. The zero-order valence-corrected chi connectivity index (χ0v) is 13.9. The van der Waals surface area contributed by atoms with Gasteiger partial charge >= 0.3 is 0 Å². The van der Waals surface area contributed by atoms with E-state index < -0.39 is 0 Å². The number of imidazole rings is 1. The molecule has 0 radical (unpaired) electrons. The van der Waals surface area contributed by atoms with Crippen LogP contribution in [0.15, 0.2) is 66.0 Å². The average Bonchev–Trinajstić information content (AvgIpc) is 3.25. The van der Waals surface area contributed by atoms with Crippen LogP contribution >= 0.6 is 11.3 Å². The summed E-state index contributed by atoms with van der Waals surface area (Å²) in [6, 6.07) is 19.5. The van der Waals surface area contributed by atoms with Crippen LogP contribution in [0.2, 0.25) is 0 Å². The summed E-state index contributed by atoms with van der Waals surface area (Å²) in [7, 11) is 2.01. The number of anilines is 1. The number of benzene rings is 2. The fourth-order valence-electron chi connectivity index (χ4n) is 2.71. The monoisotopic (exact) mass is 333 g/mol. The SMILES string of the molecule is Cn1c(-c2ccc(NC(=O)c3cccs3)cc2)nc2ccccc21. The van der Waals surface area contributed by atoms with E-state index >= 15 is 0 Å². The fourth-order valence-corrected chi connectivity index (χ4v) is 3.33. The van der Waals surface area contributed by atoms with Crippen LogP contribution in [-0.2, 0) is 7.05 Å². The van der Waals surface area contributed by atoms with E-state index in [1.165, 1.54) is 11.3 Å². The van der Waals surface area contributed by atoms with Gasteiger partial charge in [0.2, 0.25) is 0 Å². The summed E-state index contributed by atoms with van der Waals surface area (Å²) in [6.07, 6.45) is 0. The van der Waals surface area contributed by atoms with Crippen molar-refractivity contribution in [2.45, 2.75) is 0 Å². The average molecular weight is 333 g/mol. The van der Waals surface area contributed by atoms with Gasteiger partial charge in [0, 0.05) is 18.3 Å². The van der Waals surface area contributed by atoms with Crippen molar-refractivity contribution in [1.29, 1.82) is 0 Å². The predicted molar refractivity (Wildman–Crippen MR) is 98.4 cm³/mol. The Labute approximate surface area is 143 Å². The molecule has 0 fully saturated rings. The van der Waals surface area contributed by atoms with Crippen LogP contribution in [0.25, 0.3) is 22.4 Å². The van der Waals surface area contributed by atoms with Gasteiger partial charge in [0.1, 0.15) is 5.82 Å². The van der Waals surface area contributed by atoms with E-state index in [1.54, 1.807) is 0 Å². The Morgan fingerprint density at radius 3 is 2.54 bits per heavy atom. The van der Waals surface area contributed by atoms with Gasteiger partial charge in [0.05, 0.1) is 15.9 Å². The fraction of sp³-hybridized carbons (Fsp3) is 0.0526. The van der Waals surface area contributed by atoms with Crippen molar-refractivity contribution in [1.82, 2.24) is 9.55 Å². The minimum Gasteiger partial charge on any atom is -0.327 e. The molecular formula is C19H15N3OS. The molecule has 0 unspecified atom stereocenters. The second-order valence-electron chi connectivity index (χ2n) is 5.49. The number of amides is 1. The highest BCUT2D eigenvalue weighted by atomic mass is 32.1. The normalized spacial score (nSPS) is 10.9. The van der Waals surface area contributed by atoms with Crippen LogP contribution < -0.4 is 5.32 Å². The molecule has 24 heavy (non-hydrogen) atoms. The number of nitrogens with zero attached hydrogens (tertiary/aromatic N) is 2. The minimum absolute atomic E-state index is 0.0829. The molecule has 4 aromatic rings. The first kappa shape index (κ1) is 14.7. The maximum Gasteiger partial charge on any atom is 0.265 e. The van der Waals surface area contributed by atoms with Crippen LogP contribution in [0.4, 0.5) is 5.69 Å². The number of aryl methyl sites for hydroxylation is 1. The molecule has 0 bridgehead atoms. The highest BCUT2D eigenvalue weighted by molar-refractivity contribution is 7.12. The highest BCUT2D eigenvalue weighted by Gasteiger charge is 2.10. The molecule has 118 valence electrons. The topological polar surface area (TPSA) is 46.9 Å². The molecule has 4 rings (SSSR count). The molecule has 2 heterocycles. The van der Waals surface area contributed by atoms with Crippen molar-refractivity contribution >= 4 is 34.0 Å². The number of nitrogens with one attached hydrogen (secondary N) is 1. The molecule has 0 atom stereocenters. The first-order valence-electron chi connectivity index (χ1n) is 7.59. The van der Waals surface area contributed by atoms with Crippen molar-refractivity contribution in [3.05, 3.63) is 70.9 Å². The second-order valence-corrected chi connectivity index (χ2v) is 6.44. The third-order valence-corrected chi connectivity index (χ3v) is 4.80. The lowest BCUT2D eigenvalue weighted by Gasteiger charge is -2.06. The lowest BCUT2D eigenvalue weighted by Crippen LogP contribution is -2.09. The number of thiophene rings is 1. The van der Waals surface area contributed by atoms with Crippen molar-refractivity contribution in [2.75, 3.05) is 5.32 Å². The molecule has 4 nitrogen and oxygen atoms in total. The van der Waals surface area contributed by atoms with Crippen LogP contribution in [0.5, 0.6) is 0 Å². The van der Waals surface area contributed by atoms with Gasteiger partial charge in [0.15, 0.2) is 0 Å². The lowest BCUT2D eigenvalue weighted by atomic mass is 10.2. The van der Waals surface area contributed by atoms with E-state index in [4.69, 9.17) is 4.98 Å². The van der Waals surface area contributed by atoms with Crippen LogP contribution in [0.1, 0.15) is 9.67 Å². The molecule has 0 aliphatic heterocycles. The van der Waals surface area contributed by atoms with Crippen molar-refractivity contribution < 1.29 is 4.79 Å². The van der Waals surface area contributed by atoms with Gasteiger partial charge in [0.25, 0.3) is 5.91 Å². The molecular weight excluding hydrogens is 318 g/mol. The molecule has 1 amide bonds. The number of rotatable bonds is 3. The van der Waals surface area contributed by atoms with Crippen molar-refractivity contribution in [2.24, 2.45) is 7.05 Å². The number of fused-ring (bicyclic) bond motifs is 1. The maximum absolute atomic E-state index is 12.1. The summed E-state index contributed by atoms with van der Waals surface area (Å²) < 4.78 is 2.08. The highest BCUT2D eigenvalue weighted by Crippen LogP contribution is 2.25. The van der Waals surface area contributed by atoms with E-state index in [-0.39, 0.29) is 5.91 Å². The minimum atomic E-state index is -0.0829. The molecule has 0 aliphatic carbocycles. The third kappa shape index (κ3) is 2.59. The van der Waals surface area contributed by atoms with Gasteiger partial charge in [-0.1, -0.05) is 18.2 Å². The van der Waals surface area contributed by atoms with E-state index in [1.807, 2.05) is 67.0 Å². The second kappa shape index (κ2) is 5.94. The van der Waals surface area contributed by atoms with Crippen LogP contribution in [0, 0.1) is 0 Å². The van der Waals surface area contributed by atoms with Crippen molar-refractivity contribution in [3.8, 4) is 11.4 Å². The van der Waals surface area contributed by atoms with Gasteiger partial charge in [-0.25, -0.2) is 4.98 Å². The van der Waals surface area contributed by atoms with Gasteiger partial charge in [-0.3, -0.25) is 4.79 Å². The Morgan fingerprint density at radius 2 is 1.83 bits per heavy atom. The number of carbonyl (C=O) groups excluding carboxylic acids is 1. The van der Waals surface area contributed by atoms with E-state index in [0.29, 0.717) is 4.88 Å². The van der Waals surface area contributed by atoms with E-state index in [0.717, 1.165) is 28.1 Å². The first-order chi connectivity index (χ1) is 11.7. The summed E-state index contributed by atoms with van der Waals surface area (Å²) in [5.74, 6) is 0.827. The maximum atomic E-state index is 12.1. The third-order valence-electron chi connectivity index (χ3n) is 3.93. The summed E-state index contributed by atoms with van der Waals surface area (Å²) in [6.45, 7) is 0. The molecule has 0 saturated carbocycles. The number of hydrogen-bond acceptors (Lipinski definition) is 3.